The fourth-order valence-electron chi connectivity index (χ4n) is 5.38. The molecule has 0 spiro atoms. The van der Waals surface area contributed by atoms with E-state index in [0.717, 1.165) is 29.2 Å². The molecule has 0 radical (unpaired) electrons. The number of carbonyl (C=O) groups is 1. The average Bonchev–Trinajstić information content (AvgIpc) is 3.56. The number of amides is 1. The average molecular weight is 517 g/mol. The van der Waals surface area contributed by atoms with Crippen molar-refractivity contribution in [2.45, 2.75) is 39.3 Å². The molecule has 1 aromatic heterocycles. The Bertz CT molecular complexity index is 1630. The smallest absolute Gasteiger partial charge is 0.231 e. The third-order valence-corrected chi connectivity index (χ3v) is 7.43. The number of fused-ring (bicyclic) bond motifs is 2. The van der Waals surface area contributed by atoms with Crippen LogP contribution < -0.4 is 14.8 Å². The second-order valence-electron chi connectivity index (χ2n) is 10.4. The molecule has 5 heteroatoms. The number of aryl methyl sites for hydroxylation is 2. The van der Waals surface area contributed by atoms with Gasteiger partial charge >= 0.3 is 0 Å². The minimum absolute atomic E-state index is 0.00883. The summed E-state index contributed by atoms with van der Waals surface area (Å²) in [6.45, 7) is 5.65. The van der Waals surface area contributed by atoms with E-state index in [-0.39, 0.29) is 18.6 Å². The standard InChI is InChI=1S/C34H32N2O3/c1-23-10-12-25(13-11-23)20-36-21-30(28-8-3-4-9-31(28)36)29(27-7-5-6-24(2)16-27)18-34(37)35-19-26-14-15-32-33(17-26)39-22-38-32/h3-17,21,29H,18-20,22H2,1-2H3,(H,35,37)/t29-/m1/s1. The van der Waals surface area contributed by atoms with Gasteiger partial charge in [-0.1, -0.05) is 83.9 Å². The molecule has 0 bridgehead atoms. The Morgan fingerprint density at radius 2 is 1.64 bits per heavy atom. The fourth-order valence-corrected chi connectivity index (χ4v) is 5.38. The van der Waals surface area contributed by atoms with Crippen molar-refractivity contribution in [1.29, 1.82) is 0 Å². The van der Waals surface area contributed by atoms with Gasteiger partial charge in [0.25, 0.3) is 0 Å². The molecule has 0 saturated carbocycles. The lowest BCUT2D eigenvalue weighted by Crippen LogP contribution is -2.25. The second-order valence-corrected chi connectivity index (χ2v) is 10.4. The first-order chi connectivity index (χ1) is 19.0. The largest absolute Gasteiger partial charge is 0.454 e. The number of hydrogen-bond acceptors (Lipinski definition) is 3. The number of ether oxygens (including phenoxy) is 2. The summed E-state index contributed by atoms with van der Waals surface area (Å²) in [6.07, 6.45) is 2.59. The molecule has 2 heterocycles. The van der Waals surface area contributed by atoms with E-state index < -0.39 is 0 Å². The molecule has 0 aliphatic carbocycles. The Kier molecular flexibility index (Phi) is 6.80. The molecule has 1 N–H and O–H groups in total. The molecule has 1 aliphatic heterocycles. The summed E-state index contributed by atoms with van der Waals surface area (Å²) >= 11 is 0. The number of para-hydroxylation sites is 1. The number of benzene rings is 4. The highest BCUT2D eigenvalue weighted by Crippen LogP contribution is 2.36. The minimum Gasteiger partial charge on any atom is -0.454 e. The van der Waals surface area contributed by atoms with Gasteiger partial charge in [-0.25, -0.2) is 0 Å². The number of nitrogens with one attached hydrogen (secondary N) is 1. The zero-order valence-electron chi connectivity index (χ0n) is 22.3. The Balaban J connectivity index is 1.30. The van der Waals surface area contributed by atoms with Gasteiger partial charge in [-0.2, -0.15) is 0 Å². The zero-order chi connectivity index (χ0) is 26.8. The van der Waals surface area contributed by atoms with Crippen molar-refractivity contribution in [3.63, 3.8) is 0 Å². The van der Waals surface area contributed by atoms with Crippen molar-refractivity contribution >= 4 is 16.8 Å². The van der Waals surface area contributed by atoms with E-state index in [1.54, 1.807) is 0 Å². The summed E-state index contributed by atoms with van der Waals surface area (Å²) in [6, 6.07) is 31.5. The van der Waals surface area contributed by atoms with Crippen LogP contribution in [0.1, 0.15) is 45.7 Å². The molecule has 1 amide bonds. The quantitative estimate of drug-likeness (QED) is 0.245. The fraction of sp³-hybridized carbons (Fsp3) is 0.206. The van der Waals surface area contributed by atoms with E-state index in [9.17, 15) is 4.79 Å². The van der Waals surface area contributed by atoms with Gasteiger partial charge in [-0.3, -0.25) is 4.79 Å². The molecule has 4 aromatic carbocycles. The van der Waals surface area contributed by atoms with E-state index in [0.29, 0.717) is 13.0 Å². The van der Waals surface area contributed by atoms with E-state index >= 15 is 0 Å². The normalized spacial score (nSPS) is 13.0. The highest BCUT2D eigenvalue weighted by atomic mass is 16.7. The van der Waals surface area contributed by atoms with E-state index in [1.165, 1.54) is 33.2 Å². The summed E-state index contributed by atoms with van der Waals surface area (Å²) in [4.78, 5) is 13.4. The van der Waals surface area contributed by atoms with Gasteiger partial charge in [0.15, 0.2) is 11.5 Å². The predicted molar refractivity (Wildman–Crippen MR) is 154 cm³/mol. The topological polar surface area (TPSA) is 52.5 Å². The molecule has 5 aromatic rings. The van der Waals surface area contributed by atoms with E-state index in [2.05, 4.69) is 103 Å². The van der Waals surface area contributed by atoms with Gasteiger partial charge in [-0.15, -0.1) is 0 Å². The molecule has 5 nitrogen and oxygen atoms in total. The lowest BCUT2D eigenvalue weighted by molar-refractivity contribution is -0.121. The van der Waals surface area contributed by atoms with Crippen molar-refractivity contribution in [3.8, 4) is 11.5 Å². The van der Waals surface area contributed by atoms with Crippen LogP contribution in [0.15, 0.2) is 97.2 Å². The maximum absolute atomic E-state index is 13.4. The van der Waals surface area contributed by atoms with Crippen molar-refractivity contribution in [2.75, 3.05) is 6.79 Å². The van der Waals surface area contributed by atoms with Gasteiger partial charge in [0.2, 0.25) is 12.7 Å². The summed E-state index contributed by atoms with van der Waals surface area (Å²) in [7, 11) is 0. The first-order valence-corrected chi connectivity index (χ1v) is 13.4. The third-order valence-electron chi connectivity index (χ3n) is 7.43. The van der Waals surface area contributed by atoms with Crippen LogP contribution in [0, 0.1) is 13.8 Å². The summed E-state index contributed by atoms with van der Waals surface area (Å²) in [5, 5.41) is 4.31. The van der Waals surface area contributed by atoms with Gasteiger partial charge in [-0.05, 0) is 54.3 Å². The third kappa shape index (κ3) is 5.39. The molecule has 0 saturated heterocycles. The summed E-state index contributed by atoms with van der Waals surface area (Å²) < 4.78 is 13.2. The monoisotopic (exact) mass is 516 g/mol. The number of hydrogen-bond donors (Lipinski definition) is 1. The maximum atomic E-state index is 13.4. The van der Waals surface area contributed by atoms with Crippen LogP contribution in [0.3, 0.4) is 0 Å². The lowest BCUT2D eigenvalue weighted by atomic mass is 9.87. The van der Waals surface area contributed by atoms with E-state index in [1.807, 2.05) is 18.2 Å². The molecule has 0 fully saturated rings. The molecular formula is C34H32N2O3. The highest BCUT2D eigenvalue weighted by molar-refractivity contribution is 5.87. The second kappa shape index (κ2) is 10.7. The van der Waals surface area contributed by atoms with Crippen LogP contribution >= 0.6 is 0 Å². The number of aromatic nitrogens is 1. The van der Waals surface area contributed by atoms with Crippen molar-refractivity contribution in [2.24, 2.45) is 0 Å². The number of nitrogens with zero attached hydrogens (tertiary/aromatic N) is 1. The molecular weight excluding hydrogens is 484 g/mol. The SMILES string of the molecule is Cc1ccc(Cn2cc([C@H](CC(=O)NCc3ccc4c(c3)OCO4)c3cccc(C)c3)c3ccccc32)cc1. The Morgan fingerprint density at radius 3 is 2.49 bits per heavy atom. The Morgan fingerprint density at radius 1 is 0.846 bits per heavy atom. The van der Waals surface area contributed by atoms with Gasteiger partial charge in [0.1, 0.15) is 0 Å². The lowest BCUT2D eigenvalue weighted by Gasteiger charge is -2.18. The van der Waals surface area contributed by atoms with Gasteiger partial charge in [0, 0.05) is 42.5 Å². The molecule has 0 unspecified atom stereocenters. The molecule has 1 aliphatic rings. The molecule has 6 rings (SSSR count). The summed E-state index contributed by atoms with van der Waals surface area (Å²) in [5.74, 6) is 1.40. The van der Waals surface area contributed by atoms with Gasteiger partial charge in [0.05, 0.1) is 0 Å². The number of carbonyl (C=O) groups excluding carboxylic acids is 1. The Labute approximate surface area is 229 Å². The zero-order valence-corrected chi connectivity index (χ0v) is 22.3. The van der Waals surface area contributed by atoms with Crippen LogP contribution in [0.2, 0.25) is 0 Å². The van der Waals surface area contributed by atoms with Crippen molar-refractivity contribution in [3.05, 3.63) is 131 Å². The summed E-state index contributed by atoms with van der Waals surface area (Å²) in [5.41, 5.74) is 8.15. The van der Waals surface area contributed by atoms with Gasteiger partial charge < -0.3 is 19.4 Å². The van der Waals surface area contributed by atoms with Crippen molar-refractivity contribution in [1.82, 2.24) is 9.88 Å². The van der Waals surface area contributed by atoms with Crippen LogP contribution in [0.25, 0.3) is 10.9 Å². The first kappa shape index (κ1) is 24.8. The minimum atomic E-state index is -0.0779. The first-order valence-electron chi connectivity index (χ1n) is 13.4. The molecule has 39 heavy (non-hydrogen) atoms. The van der Waals surface area contributed by atoms with Crippen LogP contribution in [-0.2, 0) is 17.9 Å². The van der Waals surface area contributed by atoms with Crippen molar-refractivity contribution < 1.29 is 14.3 Å². The van der Waals surface area contributed by atoms with E-state index in [4.69, 9.17) is 9.47 Å². The maximum Gasteiger partial charge on any atom is 0.231 e. The van der Waals surface area contributed by atoms with Crippen LogP contribution in [-0.4, -0.2) is 17.3 Å². The predicted octanol–water partition coefficient (Wildman–Crippen LogP) is 6.87. The Hall–Kier alpha value is -4.51. The highest BCUT2D eigenvalue weighted by Gasteiger charge is 2.23. The molecule has 1 atom stereocenters. The van der Waals surface area contributed by atoms with Crippen LogP contribution in [0.4, 0.5) is 0 Å². The number of rotatable bonds is 8. The molecule has 196 valence electrons. The van der Waals surface area contributed by atoms with Crippen LogP contribution in [0.5, 0.6) is 11.5 Å².